The van der Waals surface area contributed by atoms with Crippen LogP contribution in [-0.4, -0.2) is 20.6 Å². The zero-order chi connectivity index (χ0) is 23.2. The van der Waals surface area contributed by atoms with Crippen LogP contribution in [0.2, 0.25) is 0 Å². The molecule has 6 nitrogen and oxygen atoms in total. The van der Waals surface area contributed by atoms with Crippen molar-refractivity contribution in [2.45, 2.75) is 18.9 Å². The number of hydrogen-bond donors (Lipinski definition) is 1. The van der Waals surface area contributed by atoms with Crippen molar-refractivity contribution < 1.29 is 14.6 Å². The fraction of sp³-hybridized carbons (Fsp3) is 0.148. The molecule has 33 heavy (non-hydrogen) atoms. The van der Waals surface area contributed by atoms with Crippen molar-refractivity contribution >= 4 is 5.97 Å². The fourth-order valence-electron chi connectivity index (χ4n) is 3.87. The molecular weight excluding hydrogens is 414 g/mol. The lowest BCUT2D eigenvalue weighted by Gasteiger charge is -2.16. The number of nitrogens with zero attached hydrogens (tertiary/aromatic N) is 3. The van der Waals surface area contributed by atoms with E-state index in [9.17, 15) is 15.2 Å². The topological polar surface area (TPSA) is 88.1 Å². The first-order chi connectivity index (χ1) is 16.0. The monoisotopic (exact) mass is 437 g/mol. The van der Waals surface area contributed by atoms with Gasteiger partial charge in [-0.3, -0.25) is 4.79 Å². The SMILES string of the molecule is Cn1ccnc1[C@@H](CC(=O)O)c1ccc(OCc2cccc(-c3ccccc3C#N)c2)cc1. The third-order valence-corrected chi connectivity index (χ3v) is 5.52. The van der Waals surface area contributed by atoms with Gasteiger partial charge in [-0.2, -0.15) is 5.26 Å². The molecular formula is C27H23N3O3. The summed E-state index contributed by atoms with van der Waals surface area (Å²) in [5, 5.41) is 18.7. The lowest BCUT2D eigenvalue weighted by Crippen LogP contribution is -2.12. The molecule has 1 N–H and O–H groups in total. The van der Waals surface area contributed by atoms with Crippen molar-refractivity contribution in [2.24, 2.45) is 7.05 Å². The highest BCUT2D eigenvalue weighted by Gasteiger charge is 2.21. The molecule has 0 unspecified atom stereocenters. The highest BCUT2D eigenvalue weighted by molar-refractivity contribution is 5.71. The number of imidazole rings is 1. The molecule has 3 aromatic carbocycles. The highest BCUT2D eigenvalue weighted by Crippen LogP contribution is 2.29. The number of rotatable bonds is 8. The van der Waals surface area contributed by atoms with Gasteiger partial charge >= 0.3 is 5.97 Å². The Morgan fingerprint density at radius 3 is 2.61 bits per heavy atom. The van der Waals surface area contributed by atoms with Gasteiger partial charge in [0.2, 0.25) is 0 Å². The van der Waals surface area contributed by atoms with E-state index in [1.165, 1.54) is 0 Å². The van der Waals surface area contributed by atoms with E-state index in [1.807, 2.05) is 90.6 Å². The van der Waals surface area contributed by atoms with E-state index in [0.717, 1.165) is 22.3 Å². The van der Waals surface area contributed by atoms with E-state index >= 15 is 0 Å². The molecule has 4 aromatic rings. The maximum absolute atomic E-state index is 11.4. The molecule has 1 aromatic heterocycles. The van der Waals surface area contributed by atoms with Gasteiger partial charge < -0.3 is 14.4 Å². The average Bonchev–Trinajstić information content (AvgIpc) is 3.27. The summed E-state index contributed by atoms with van der Waals surface area (Å²) in [5.74, 6) is 0.186. The number of hydrogen-bond acceptors (Lipinski definition) is 4. The molecule has 0 fully saturated rings. The van der Waals surface area contributed by atoms with Gasteiger partial charge in [0.1, 0.15) is 18.2 Å². The van der Waals surface area contributed by atoms with E-state index in [4.69, 9.17) is 4.74 Å². The number of aryl methyl sites for hydroxylation is 1. The van der Waals surface area contributed by atoms with Gasteiger partial charge in [0.05, 0.1) is 24.0 Å². The Bertz CT molecular complexity index is 1300. The summed E-state index contributed by atoms with van der Waals surface area (Å²) >= 11 is 0. The van der Waals surface area contributed by atoms with E-state index in [0.29, 0.717) is 23.7 Å². The standard InChI is InChI=1S/C27H23N3O3/c1-30-14-13-29-27(30)25(16-26(31)32)20-9-11-23(12-10-20)33-18-19-5-4-7-21(15-19)24-8-3-2-6-22(24)17-28/h2-15,25H,16,18H2,1H3,(H,31,32)/t25-/m0/s1. The summed E-state index contributed by atoms with van der Waals surface area (Å²) in [4.78, 5) is 15.7. The van der Waals surface area contributed by atoms with Crippen LogP contribution in [0.3, 0.4) is 0 Å². The van der Waals surface area contributed by atoms with Crippen LogP contribution in [-0.2, 0) is 18.4 Å². The van der Waals surface area contributed by atoms with Gasteiger partial charge in [-0.1, -0.05) is 48.5 Å². The second-order valence-electron chi connectivity index (χ2n) is 7.76. The second kappa shape index (κ2) is 9.84. The number of aliphatic carboxylic acids is 1. The van der Waals surface area contributed by atoms with E-state index in [1.54, 1.807) is 6.20 Å². The molecule has 0 bridgehead atoms. The van der Waals surface area contributed by atoms with Crippen LogP contribution in [0.25, 0.3) is 11.1 Å². The minimum Gasteiger partial charge on any atom is -0.489 e. The van der Waals surface area contributed by atoms with Crippen molar-refractivity contribution in [1.82, 2.24) is 9.55 Å². The largest absolute Gasteiger partial charge is 0.489 e. The average molecular weight is 437 g/mol. The molecule has 1 atom stereocenters. The van der Waals surface area contributed by atoms with Gasteiger partial charge in [0.25, 0.3) is 0 Å². The van der Waals surface area contributed by atoms with Crippen LogP contribution in [0, 0.1) is 11.3 Å². The molecule has 0 aliphatic carbocycles. The Balaban J connectivity index is 1.48. The van der Waals surface area contributed by atoms with Crippen LogP contribution < -0.4 is 4.74 Å². The minimum atomic E-state index is -0.874. The van der Waals surface area contributed by atoms with Crippen LogP contribution >= 0.6 is 0 Å². The summed E-state index contributed by atoms with van der Waals surface area (Å²) in [6.45, 7) is 0.375. The van der Waals surface area contributed by atoms with Crippen molar-refractivity contribution in [3.8, 4) is 22.9 Å². The Morgan fingerprint density at radius 2 is 1.91 bits per heavy atom. The minimum absolute atomic E-state index is 0.0397. The molecule has 0 aliphatic heterocycles. The van der Waals surface area contributed by atoms with E-state index in [-0.39, 0.29) is 12.3 Å². The number of benzene rings is 3. The van der Waals surface area contributed by atoms with Crippen molar-refractivity contribution in [2.75, 3.05) is 0 Å². The number of carboxylic acid groups (broad SMARTS) is 1. The quantitative estimate of drug-likeness (QED) is 0.412. The van der Waals surface area contributed by atoms with Crippen molar-refractivity contribution in [1.29, 1.82) is 5.26 Å². The molecule has 0 amide bonds. The lowest BCUT2D eigenvalue weighted by atomic mass is 9.94. The fourth-order valence-corrected chi connectivity index (χ4v) is 3.87. The first-order valence-corrected chi connectivity index (χ1v) is 10.6. The molecule has 0 aliphatic rings. The summed E-state index contributed by atoms with van der Waals surface area (Å²) in [7, 11) is 1.86. The molecule has 6 heteroatoms. The zero-order valence-electron chi connectivity index (χ0n) is 18.2. The first kappa shape index (κ1) is 21.8. The van der Waals surface area contributed by atoms with Gasteiger partial charge in [-0.05, 0) is 46.5 Å². The number of aromatic nitrogens is 2. The molecule has 0 radical (unpaired) electrons. The van der Waals surface area contributed by atoms with Gasteiger partial charge in [-0.15, -0.1) is 0 Å². The smallest absolute Gasteiger partial charge is 0.304 e. The molecule has 4 rings (SSSR count). The van der Waals surface area contributed by atoms with Gasteiger partial charge in [0, 0.05) is 19.4 Å². The van der Waals surface area contributed by atoms with Gasteiger partial charge in [-0.25, -0.2) is 4.98 Å². The summed E-state index contributed by atoms with van der Waals surface area (Å²) in [5.41, 5.74) is 4.35. The Morgan fingerprint density at radius 1 is 1.12 bits per heavy atom. The van der Waals surface area contributed by atoms with E-state index < -0.39 is 5.97 Å². The predicted molar refractivity (Wildman–Crippen MR) is 125 cm³/mol. The Labute approximate surface area is 192 Å². The summed E-state index contributed by atoms with van der Waals surface area (Å²) < 4.78 is 7.81. The summed E-state index contributed by atoms with van der Waals surface area (Å²) in [6.07, 6.45) is 3.44. The number of carbonyl (C=O) groups is 1. The van der Waals surface area contributed by atoms with Gasteiger partial charge in [0.15, 0.2) is 0 Å². The molecule has 0 spiro atoms. The summed E-state index contributed by atoms with van der Waals surface area (Å²) in [6, 6.07) is 25.2. The molecule has 0 saturated heterocycles. The predicted octanol–water partition coefficient (Wildman–Crippen LogP) is 5.14. The molecule has 1 heterocycles. The third kappa shape index (κ3) is 5.10. The van der Waals surface area contributed by atoms with Crippen molar-refractivity contribution in [3.63, 3.8) is 0 Å². The van der Waals surface area contributed by atoms with E-state index in [2.05, 4.69) is 11.1 Å². The number of carboxylic acids is 1. The Hall–Kier alpha value is -4.37. The molecule has 164 valence electrons. The maximum Gasteiger partial charge on any atom is 0.304 e. The van der Waals surface area contributed by atoms with Crippen LogP contribution in [0.1, 0.15) is 34.9 Å². The zero-order valence-corrected chi connectivity index (χ0v) is 18.2. The second-order valence-corrected chi connectivity index (χ2v) is 7.76. The Kier molecular flexibility index (Phi) is 6.51. The van der Waals surface area contributed by atoms with Crippen LogP contribution in [0.15, 0.2) is 85.2 Å². The number of ether oxygens (including phenoxy) is 1. The normalized spacial score (nSPS) is 11.5. The first-order valence-electron chi connectivity index (χ1n) is 10.6. The maximum atomic E-state index is 11.4. The van der Waals surface area contributed by atoms with Crippen molar-refractivity contribution in [3.05, 3.63) is 108 Å². The van der Waals surface area contributed by atoms with Crippen LogP contribution in [0.5, 0.6) is 5.75 Å². The highest BCUT2D eigenvalue weighted by atomic mass is 16.5. The molecule has 0 saturated carbocycles. The third-order valence-electron chi connectivity index (χ3n) is 5.52. The van der Waals surface area contributed by atoms with Crippen LogP contribution in [0.4, 0.5) is 0 Å². The lowest BCUT2D eigenvalue weighted by molar-refractivity contribution is -0.137. The number of nitriles is 1.